The molecule has 1 amide bonds. The molecule has 0 spiro atoms. The molecule has 2 heterocycles. The Labute approximate surface area is 178 Å². The average molecular weight is 403 g/mol. The molecule has 1 aliphatic rings. The van der Waals surface area contributed by atoms with Crippen molar-refractivity contribution in [3.8, 4) is 0 Å². The van der Waals surface area contributed by atoms with Crippen molar-refractivity contribution in [3.05, 3.63) is 65.0 Å². The van der Waals surface area contributed by atoms with E-state index in [9.17, 15) is 4.79 Å². The lowest BCUT2D eigenvalue weighted by molar-refractivity contribution is -0.129. The molecule has 0 bridgehead atoms. The Morgan fingerprint density at radius 1 is 1.10 bits per heavy atom. The smallest absolute Gasteiger partial charge is 0.219 e. The number of aryl methyl sites for hydroxylation is 2. The van der Waals surface area contributed by atoms with Gasteiger partial charge in [-0.15, -0.1) is 0 Å². The van der Waals surface area contributed by atoms with Crippen LogP contribution in [0.4, 0.5) is 5.82 Å². The summed E-state index contributed by atoms with van der Waals surface area (Å²) in [5.41, 5.74) is 4.77. The molecule has 0 radical (unpaired) electrons. The molecule has 1 fully saturated rings. The molecule has 1 aromatic heterocycles. The van der Waals surface area contributed by atoms with Crippen LogP contribution in [0.1, 0.15) is 61.2 Å². The number of piperidine rings is 1. The highest BCUT2D eigenvalue weighted by Gasteiger charge is 2.22. The molecule has 2 aromatic carbocycles. The minimum Gasteiger partial charge on any atom is -0.363 e. The fourth-order valence-electron chi connectivity index (χ4n) is 4.38. The number of rotatable bonds is 4. The molecular weight excluding hydrogens is 372 g/mol. The summed E-state index contributed by atoms with van der Waals surface area (Å²) in [6, 6.07) is 15.3. The van der Waals surface area contributed by atoms with Gasteiger partial charge in [0.05, 0.1) is 5.52 Å². The van der Waals surface area contributed by atoms with Gasteiger partial charge in [-0.2, -0.15) is 0 Å². The van der Waals surface area contributed by atoms with Gasteiger partial charge in [0.1, 0.15) is 11.6 Å². The molecule has 5 nitrogen and oxygen atoms in total. The lowest BCUT2D eigenvalue weighted by atomic mass is 9.88. The number of hydrogen-bond donors (Lipinski definition) is 1. The molecule has 30 heavy (non-hydrogen) atoms. The van der Waals surface area contributed by atoms with Crippen LogP contribution in [-0.4, -0.2) is 33.9 Å². The summed E-state index contributed by atoms with van der Waals surface area (Å²) in [5, 5.41) is 4.68. The Balaban J connectivity index is 1.63. The van der Waals surface area contributed by atoms with Gasteiger partial charge in [-0.1, -0.05) is 35.9 Å². The second-order valence-electron chi connectivity index (χ2n) is 8.46. The Morgan fingerprint density at radius 3 is 2.57 bits per heavy atom. The fourth-order valence-corrected chi connectivity index (χ4v) is 4.38. The Bertz CT molecular complexity index is 1070. The van der Waals surface area contributed by atoms with Crippen LogP contribution in [-0.2, 0) is 4.79 Å². The van der Waals surface area contributed by atoms with E-state index in [0.29, 0.717) is 5.92 Å². The van der Waals surface area contributed by atoms with Crippen molar-refractivity contribution in [3.63, 3.8) is 0 Å². The molecule has 1 saturated heterocycles. The van der Waals surface area contributed by atoms with E-state index in [1.165, 1.54) is 16.7 Å². The minimum atomic E-state index is 0.143. The van der Waals surface area contributed by atoms with Gasteiger partial charge in [0, 0.05) is 31.4 Å². The number of benzene rings is 2. The van der Waals surface area contributed by atoms with Gasteiger partial charge in [-0.05, 0) is 62.8 Å². The van der Waals surface area contributed by atoms with E-state index in [1.54, 1.807) is 6.92 Å². The second kappa shape index (κ2) is 8.42. The monoisotopic (exact) mass is 402 g/mol. The minimum absolute atomic E-state index is 0.143. The largest absolute Gasteiger partial charge is 0.363 e. The quantitative estimate of drug-likeness (QED) is 0.656. The number of nitrogens with one attached hydrogen (secondary N) is 1. The number of carbonyl (C=O) groups excluding carboxylic acids is 1. The first-order valence-electron chi connectivity index (χ1n) is 10.8. The van der Waals surface area contributed by atoms with E-state index in [-0.39, 0.29) is 11.9 Å². The van der Waals surface area contributed by atoms with Gasteiger partial charge in [0.25, 0.3) is 0 Å². The van der Waals surface area contributed by atoms with E-state index in [2.05, 4.69) is 66.6 Å². The molecular formula is C25H30N4O. The third-order valence-electron chi connectivity index (χ3n) is 6.14. The molecule has 1 N–H and O–H groups in total. The Hall–Kier alpha value is -2.95. The number of aromatic nitrogens is 2. The van der Waals surface area contributed by atoms with Crippen molar-refractivity contribution < 1.29 is 4.79 Å². The number of anilines is 1. The predicted molar refractivity (Wildman–Crippen MR) is 122 cm³/mol. The summed E-state index contributed by atoms with van der Waals surface area (Å²) >= 11 is 0. The molecule has 5 heteroatoms. The Kier molecular flexibility index (Phi) is 5.71. The Morgan fingerprint density at radius 2 is 1.87 bits per heavy atom. The molecule has 0 aliphatic carbocycles. The highest BCUT2D eigenvalue weighted by Crippen LogP contribution is 2.32. The average Bonchev–Trinajstić information content (AvgIpc) is 2.73. The summed E-state index contributed by atoms with van der Waals surface area (Å²) in [7, 11) is 0. The van der Waals surface area contributed by atoms with Crippen LogP contribution in [0.5, 0.6) is 0 Å². The molecule has 0 unspecified atom stereocenters. The summed E-state index contributed by atoms with van der Waals surface area (Å²) in [6.07, 6.45) is 2.00. The topological polar surface area (TPSA) is 58.1 Å². The van der Waals surface area contributed by atoms with Crippen molar-refractivity contribution in [1.82, 2.24) is 14.9 Å². The van der Waals surface area contributed by atoms with E-state index < -0.39 is 0 Å². The lowest BCUT2D eigenvalue weighted by Crippen LogP contribution is -2.36. The van der Waals surface area contributed by atoms with Gasteiger partial charge in [0.15, 0.2) is 0 Å². The zero-order chi connectivity index (χ0) is 21.3. The number of hydrogen-bond acceptors (Lipinski definition) is 4. The number of fused-ring (bicyclic) bond motifs is 1. The van der Waals surface area contributed by atoms with Crippen LogP contribution < -0.4 is 5.32 Å². The van der Waals surface area contributed by atoms with Gasteiger partial charge in [-0.3, -0.25) is 4.79 Å². The van der Waals surface area contributed by atoms with Crippen molar-refractivity contribution >= 4 is 22.6 Å². The first-order chi connectivity index (χ1) is 14.4. The number of nitrogens with zero attached hydrogens (tertiary/aromatic N) is 3. The molecule has 0 saturated carbocycles. The maximum Gasteiger partial charge on any atom is 0.219 e. The van der Waals surface area contributed by atoms with Crippen molar-refractivity contribution in [2.45, 2.75) is 52.5 Å². The van der Waals surface area contributed by atoms with E-state index in [1.807, 2.05) is 11.8 Å². The highest BCUT2D eigenvalue weighted by atomic mass is 16.2. The second-order valence-corrected chi connectivity index (χ2v) is 8.46. The number of likely N-dealkylation sites (tertiary alicyclic amines) is 1. The van der Waals surface area contributed by atoms with E-state index in [0.717, 1.165) is 48.5 Å². The van der Waals surface area contributed by atoms with Crippen LogP contribution in [0.2, 0.25) is 0 Å². The zero-order valence-corrected chi connectivity index (χ0v) is 18.3. The van der Waals surface area contributed by atoms with Gasteiger partial charge >= 0.3 is 0 Å². The molecule has 4 rings (SSSR count). The van der Waals surface area contributed by atoms with Crippen LogP contribution >= 0.6 is 0 Å². The third kappa shape index (κ3) is 4.30. The summed E-state index contributed by atoms with van der Waals surface area (Å²) < 4.78 is 0. The summed E-state index contributed by atoms with van der Waals surface area (Å²) in [4.78, 5) is 23.0. The van der Waals surface area contributed by atoms with Crippen molar-refractivity contribution in [2.24, 2.45) is 0 Å². The highest BCUT2D eigenvalue weighted by molar-refractivity contribution is 5.90. The maximum atomic E-state index is 11.6. The van der Waals surface area contributed by atoms with Crippen molar-refractivity contribution in [1.29, 1.82) is 0 Å². The molecule has 156 valence electrons. The van der Waals surface area contributed by atoms with Crippen LogP contribution in [0.15, 0.2) is 42.5 Å². The number of amides is 1. The fraction of sp³-hybridized carbons (Fsp3) is 0.400. The summed E-state index contributed by atoms with van der Waals surface area (Å²) in [6.45, 7) is 9.54. The van der Waals surface area contributed by atoms with Crippen LogP contribution in [0.25, 0.3) is 10.9 Å². The van der Waals surface area contributed by atoms with Gasteiger partial charge in [0.2, 0.25) is 5.91 Å². The SMILES string of the molecule is CC(=O)N1CCC(c2ccc3nc(C)nc(N[C@@H](C)c4cccc(C)c4)c3c2)CC1. The zero-order valence-electron chi connectivity index (χ0n) is 18.3. The molecule has 1 aliphatic heterocycles. The van der Waals surface area contributed by atoms with Crippen molar-refractivity contribution in [2.75, 3.05) is 18.4 Å². The lowest BCUT2D eigenvalue weighted by Gasteiger charge is -2.31. The van der Waals surface area contributed by atoms with Gasteiger partial charge < -0.3 is 10.2 Å². The van der Waals surface area contributed by atoms with Crippen LogP contribution in [0, 0.1) is 13.8 Å². The molecule has 1 atom stereocenters. The van der Waals surface area contributed by atoms with E-state index in [4.69, 9.17) is 4.98 Å². The first kappa shape index (κ1) is 20.3. The molecule has 3 aromatic rings. The maximum absolute atomic E-state index is 11.6. The van der Waals surface area contributed by atoms with E-state index >= 15 is 0 Å². The third-order valence-corrected chi connectivity index (χ3v) is 6.14. The first-order valence-corrected chi connectivity index (χ1v) is 10.8. The standard InChI is InChI=1S/C25H30N4O/c1-16-6-5-7-21(14-16)17(2)26-25-23-15-22(8-9-24(23)27-18(3)28-25)20-10-12-29(13-11-20)19(4)30/h5-9,14-15,17,20H,10-13H2,1-4H3,(H,26,27,28)/t17-/m0/s1. The normalized spacial score (nSPS) is 15.9. The van der Waals surface area contributed by atoms with Gasteiger partial charge in [-0.25, -0.2) is 9.97 Å². The van der Waals surface area contributed by atoms with Crippen LogP contribution in [0.3, 0.4) is 0 Å². The predicted octanol–water partition coefficient (Wildman–Crippen LogP) is 5.15. The summed E-state index contributed by atoms with van der Waals surface area (Å²) in [5.74, 6) is 2.29. The number of carbonyl (C=O) groups is 1.